The van der Waals surface area contributed by atoms with Gasteiger partial charge in [-0.25, -0.2) is 0 Å². The Hall–Kier alpha value is -1.77. The van der Waals surface area contributed by atoms with Crippen molar-refractivity contribution >= 4 is 5.91 Å². The van der Waals surface area contributed by atoms with Crippen LogP contribution in [-0.2, 0) is 4.79 Å². The summed E-state index contributed by atoms with van der Waals surface area (Å²) in [4.78, 5) is 11.0. The molecule has 1 aromatic carbocycles. The van der Waals surface area contributed by atoms with Crippen molar-refractivity contribution in [3.8, 4) is 5.75 Å². The van der Waals surface area contributed by atoms with E-state index in [1.165, 1.54) is 6.08 Å². The Bertz CT molecular complexity index is 347. The van der Waals surface area contributed by atoms with Crippen LogP contribution in [0.25, 0.3) is 0 Å². The van der Waals surface area contributed by atoms with Crippen molar-refractivity contribution in [2.45, 2.75) is 13.0 Å². The molecule has 0 spiro atoms. The molecule has 0 aliphatic rings. The van der Waals surface area contributed by atoms with Gasteiger partial charge in [-0.2, -0.15) is 0 Å². The van der Waals surface area contributed by atoms with Gasteiger partial charge < -0.3 is 10.4 Å². The molecular formula is C11H13NO2. The molecule has 1 amide bonds. The molecule has 0 bridgehead atoms. The number of aromatic hydroxyl groups is 1. The van der Waals surface area contributed by atoms with E-state index in [9.17, 15) is 9.90 Å². The first-order valence-corrected chi connectivity index (χ1v) is 4.36. The van der Waals surface area contributed by atoms with E-state index in [0.29, 0.717) is 5.56 Å². The Morgan fingerprint density at radius 1 is 1.57 bits per heavy atom. The molecular weight excluding hydrogens is 178 g/mol. The highest BCUT2D eigenvalue weighted by molar-refractivity contribution is 5.87. The number of para-hydroxylation sites is 1. The number of carbonyl (C=O) groups excluding carboxylic acids is 1. The molecule has 1 rings (SSSR count). The molecule has 14 heavy (non-hydrogen) atoms. The summed E-state index contributed by atoms with van der Waals surface area (Å²) in [6, 6.07) is 6.68. The van der Waals surface area contributed by atoms with E-state index < -0.39 is 0 Å². The van der Waals surface area contributed by atoms with Gasteiger partial charge in [0.2, 0.25) is 5.91 Å². The predicted molar refractivity (Wildman–Crippen MR) is 54.9 cm³/mol. The summed E-state index contributed by atoms with van der Waals surface area (Å²) in [6.07, 6.45) is 1.20. The Labute approximate surface area is 83.1 Å². The molecule has 0 radical (unpaired) electrons. The lowest BCUT2D eigenvalue weighted by atomic mass is 10.1. The van der Waals surface area contributed by atoms with Crippen LogP contribution in [0, 0.1) is 0 Å². The molecule has 0 saturated carbocycles. The lowest BCUT2D eigenvalue weighted by Crippen LogP contribution is -2.24. The summed E-state index contributed by atoms with van der Waals surface area (Å²) >= 11 is 0. The molecule has 3 nitrogen and oxygen atoms in total. The number of benzene rings is 1. The van der Waals surface area contributed by atoms with Gasteiger partial charge in [-0.15, -0.1) is 0 Å². The van der Waals surface area contributed by atoms with Crippen molar-refractivity contribution in [2.75, 3.05) is 0 Å². The van der Waals surface area contributed by atoms with E-state index in [1.54, 1.807) is 25.1 Å². The van der Waals surface area contributed by atoms with Crippen molar-refractivity contribution in [1.82, 2.24) is 5.32 Å². The Balaban J connectivity index is 2.79. The topological polar surface area (TPSA) is 49.3 Å². The monoisotopic (exact) mass is 191 g/mol. The number of rotatable bonds is 3. The normalized spacial score (nSPS) is 11.8. The van der Waals surface area contributed by atoms with Crippen LogP contribution in [0.4, 0.5) is 0 Å². The van der Waals surface area contributed by atoms with Gasteiger partial charge in [-0.05, 0) is 19.1 Å². The minimum Gasteiger partial charge on any atom is -0.508 e. The molecule has 0 fully saturated rings. The summed E-state index contributed by atoms with van der Waals surface area (Å²) in [7, 11) is 0. The zero-order valence-electron chi connectivity index (χ0n) is 8.03. The third-order valence-corrected chi connectivity index (χ3v) is 1.95. The second kappa shape index (κ2) is 4.46. The van der Waals surface area contributed by atoms with Crippen molar-refractivity contribution in [3.63, 3.8) is 0 Å². The summed E-state index contributed by atoms with van der Waals surface area (Å²) in [5.41, 5.74) is 0.697. The first-order valence-electron chi connectivity index (χ1n) is 4.36. The van der Waals surface area contributed by atoms with E-state index in [2.05, 4.69) is 11.9 Å². The summed E-state index contributed by atoms with van der Waals surface area (Å²) in [5.74, 6) is -0.0647. The zero-order chi connectivity index (χ0) is 10.6. The Morgan fingerprint density at radius 3 is 2.79 bits per heavy atom. The third kappa shape index (κ3) is 2.36. The van der Waals surface area contributed by atoms with Crippen molar-refractivity contribution in [1.29, 1.82) is 0 Å². The molecule has 0 aromatic heterocycles. The average Bonchev–Trinajstić information content (AvgIpc) is 2.18. The maximum absolute atomic E-state index is 11.0. The fourth-order valence-corrected chi connectivity index (χ4v) is 1.20. The molecule has 1 atom stereocenters. The number of nitrogens with one attached hydrogen (secondary N) is 1. The van der Waals surface area contributed by atoms with Crippen LogP contribution >= 0.6 is 0 Å². The van der Waals surface area contributed by atoms with Gasteiger partial charge in [-0.3, -0.25) is 4.79 Å². The van der Waals surface area contributed by atoms with Crippen LogP contribution in [0.15, 0.2) is 36.9 Å². The van der Waals surface area contributed by atoms with Gasteiger partial charge in [0, 0.05) is 5.56 Å². The molecule has 0 heterocycles. The summed E-state index contributed by atoms with van der Waals surface area (Å²) in [5, 5.41) is 12.2. The zero-order valence-corrected chi connectivity index (χ0v) is 8.03. The minimum absolute atomic E-state index is 0.185. The van der Waals surface area contributed by atoms with Gasteiger partial charge in [0.25, 0.3) is 0 Å². The number of hydrogen-bond acceptors (Lipinski definition) is 2. The predicted octanol–water partition coefficient (Wildman–Crippen LogP) is 1.76. The fraction of sp³-hybridized carbons (Fsp3) is 0.182. The van der Waals surface area contributed by atoms with Gasteiger partial charge in [-0.1, -0.05) is 24.8 Å². The summed E-state index contributed by atoms with van der Waals surface area (Å²) < 4.78 is 0. The molecule has 1 unspecified atom stereocenters. The molecule has 0 aliphatic carbocycles. The average molecular weight is 191 g/mol. The molecule has 0 saturated heterocycles. The van der Waals surface area contributed by atoms with Crippen LogP contribution < -0.4 is 5.32 Å². The van der Waals surface area contributed by atoms with Crippen LogP contribution in [-0.4, -0.2) is 11.0 Å². The van der Waals surface area contributed by atoms with E-state index in [1.807, 2.05) is 6.07 Å². The van der Waals surface area contributed by atoms with Crippen LogP contribution in [0.1, 0.15) is 18.5 Å². The fourth-order valence-electron chi connectivity index (χ4n) is 1.20. The van der Waals surface area contributed by atoms with Crippen LogP contribution in [0.5, 0.6) is 5.75 Å². The first kappa shape index (κ1) is 10.3. The van der Waals surface area contributed by atoms with Gasteiger partial charge >= 0.3 is 0 Å². The van der Waals surface area contributed by atoms with E-state index >= 15 is 0 Å². The second-order valence-corrected chi connectivity index (χ2v) is 2.99. The number of carbonyl (C=O) groups is 1. The third-order valence-electron chi connectivity index (χ3n) is 1.95. The summed E-state index contributed by atoms with van der Waals surface area (Å²) in [6.45, 7) is 5.16. The number of hydrogen-bond donors (Lipinski definition) is 2. The van der Waals surface area contributed by atoms with Crippen molar-refractivity contribution in [2.24, 2.45) is 0 Å². The lowest BCUT2D eigenvalue weighted by molar-refractivity contribution is -0.117. The molecule has 3 heteroatoms. The highest BCUT2D eigenvalue weighted by Crippen LogP contribution is 2.22. The molecule has 74 valence electrons. The highest BCUT2D eigenvalue weighted by atomic mass is 16.3. The highest BCUT2D eigenvalue weighted by Gasteiger charge is 2.10. The van der Waals surface area contributed by atoms with E-state index in [4.69, 9.17) is 0 Å². The molecule has 2 N–H and O–H groups in total. The van der Waals surface area contributed by atoms with Crippen LogP contribution in [0.3, 0.4) is 0 Å². The van der Waals surface area contributed by atoms with Crippen molar-refractivity contribution in [3.05, 3.63) is 42.5 Å². The van der Waals surface area contributed by atoms with Gasteiger partial charge in [0.15, 0.2) is 0 Å². The second-order valence-electron chi connectivity index (χ2n) is 2.99. The quantitative estimate of drug-likeness (QED) is 0.715. The van der Waals surface area contributed by atoms with Gasteiger partial charge in [0.05, 0.1) is 6.04 Å². The lowest BCUT2D eigenvalue weighted by Gasteiger charge is -2.13. The molecule has 0 aliphatic heterocycles. The Kier molecular flexibility index (Phi) is 3.29. The van der Waals surface area contributed by atoms with Crippen molar-refractivity contribution < 1.29 is 9.90 Å². The minimum atomic E-state index is -0.249. The maximum atomic E-state index is 11.0. The number of phenolic OH excluding ortho intramolecular Hbond substituents is 1. The Morgan fingerprint density at radius 2 is 2.21 bits per heavy atom. The van der Waals surface area contributed by atoms with Crippen LogP contribution in [0.2, 0.25) is 0 Å². The standard InChI is InChI=1S/C11H13NO2/c1-3-11(14)12-8(2)9-6-4-5-7-10(9)13/h3-8,13H,1H2,2H3,(H,12,14). The largest absolute Gasteiger partial charge is 0.508 e. The van der Waals surface area contributed by atoms with E-state index in [0.717, 1.165) is 0 Å². The van der Waals surface area contributed by atoms with Gasteiger partial charge in [0.1, 0.15) is 5.75 Å². The number of phenols is 1. The maximum Gasteiger partial charge on any atom is 0.243 e. The number of amides is 1. The SMILES string of the molecule is C=CC(=O)NC(C)c1ccccc1O. The molecule has 1 aromatic rings. The first-order chi connectivity index (χ1) is 6.65. The smallest absolute Gasteiger partial charge is 0.243 e. The van der Waals surface area contributed by atoms with E-state index in [-0.39, 0.29) is 17.7 Å².